The smallest absolute Gasteiger partial charge is 0.329 e. The number of carbonyl (C=O) groups excluding carboxylic acids is 1. The topological polar surface area (TPSA) is 116 Å². The van der Waals surface area contributed by atoms with Crippen LogP contribution >= 0.6 is 0 Å². The molecule has 0 saturated carbocycles. The van der Waals surface area contributed by atoms with Gasteiger partial charge in [0.05, 0.1) is 17.3 Å². The number of nitrogens with one attached hydrogen (secondary N) is 1. The number of carbonyl (C=O) groups is 1. The van der Waals surface area contributed by atoms with E-state index in [0.29, 0.717) is 12.0 Å². The minimum Gasteiger partial charge on any atom is -0.385 e. The monoisotopic (exact) mass is 291 g/mol. The van der Waals surface area contributed by atoms with Gasteiger partial charge in [0.1, 0.15) is 5.82 Å². The van der Waals surface area contributed by atoms with Gasteiger partial charge in [-0.15, -0.1) is 0 Å². The van der Waals surface area contributed by atoms with Crippen molar-refractivity contribution in [2.75, 3.05) is 5.73 Å². The van der Waals surface area contributed by atoms with Crippen molar-refractivity contribution in [2.24, 2.45) is 7.05 Å². The van der Waals surface area contributed by atoms with Crippen LogP contribution in [0.3, 0.4) is 0 Å². The van der Waals surface area contributed by atoms with E-state index in [4.69, 9.17) is 5.73 Å². The van der Waals surface area contributed by atoms with E-state index >= 15 is 0 Å². The first kappa shape index (κ1) is 14.8. The van der Waals surface area contributed by atoms with Gasteiger partial charge in [0, 0.05) is 26.2 Å². The summed E-state index contributed by atoms with van der Waals surface area (Å²) in [7, 11) is 1.69. The summed E-state index contributed by atoms with van der Waals surface area (Å²) >= 11 is 0. The van der Waals surface area contributed by atoms with Gasteiger partial charge in [-0.05, 0) is 6.42 Å². The summed E-state index contributed by atoms with van der Waals surface area (Å²) in [6.07, 6.45) is 3.45. The van der Waals surface area contributed by atoms with Crippen LogP contribution in [-0.4, -0.2) is 25.1 Å². The van der Waals surface area contributed by atoms with E-state index in [0.717, 1.165) is 4.57 Å². The summed E-state index contributed by atoms with van der Waals surface area (Å²) in [5.74, 6) is -0.336. The predicted molar refractivity (Wildman–Crippen MR) is 77.3 cm³/mol. The lowest BCUT2D eigenvalue weighted by atomic mass is 10.1. The summed E-state index contributed by atoms with van der Waals surface area (Å²) in [6, 6.07) is 0. The first-order valence-corrected chi connectivity index (χ1v) is 6.57. The van der Waals surface area contributed by atoms with E-state index in [1.54, 1.807) is 13.2 Å². The van der Waals surface area contributed by atoms with Gasteiger partial charge in [0.25, 0.3) is 5.56 Å². The number of aromatic amines is 1. The van der Waals surface area contributed by atoms with Crippen LogP contribution in [0.1, 0.15) is 29.3 Å². The highest BCUT2D eigenvalue weighted by atomic mass is 16.2. The maximum absolute atomic E-state index is 12.3. The number of H-pyrrole nitrogens is 1. The molecule has 0 aliphatic carbocycles. The Morgan fingerprint density at radius 3 is 2.71 bits per heavy atom. The predicted octanol–water partition coefficient (Wildman–Crippen LogP) is -0.312. The molecule has 0 amide bonds. The van der Waals surface area contributed by atoms with Crippen LogP contribution in [0.2, 0.25) is 0 Å². The standard InChI is InChI=1S/C13H17N5O3/c1-3-4-18-12(20)9(11(14)16-13(18)21)5-10(19)8-6-15-17(2)7-8/h6-7H,3-5,14H2,1-2H3,(H,16,21). The zero-order chi connectivity index (χ0) is 15.6. The number of Topliss-reactive ketones (excluding diaryl/α,β-unsaturated/α-hetero) is 1. The minimum absolute atomic E-state index is 0.0606. The number of hydrogen-bond acceptors (Lipinski definition) is 5. The van der Waals surface area contributed by atoms with Gasteiger partial charge in [0.2, 0.25) is 0 Å². The van der Waals surface area contributed by atoms with Crippen molar-refractivity contribution in [3.8, 4) is 0 Å². The fourth-order valence-corrected chi connectivity index (χ4v) is 2.05. The van der Waals surface area contributed by atoms with Gasteiger partial charge >= 0.3 is 5.69 Å². The molecule has 2 rings (SSSR count). The number of anilines is 1. The lowest BCUT2D eigenvalue weighted by Crippen LogP contribution is -2.38. The van der Waals surface area contributed by atoms with Crippen molar-refractivity contribution >= 4 is 11.6 Å². The molecule has 0 saturated heterocycles. The highest BCUT2D eigenvalue weighted by Gasteiger charge is 2.17. The lowest BCUT2D eigenvalue weighted by Gasteiger charge is -2.08. The van der Waals surface area contributed by atoms with E-state index < -0.39 is 11.2 Å². The average Bonchev–Trinajstić information content (AvgIpc) is 2.86. The number of aromatic nitrogens is 4. The molecule has 3 N–H and O–H groups in total. The number of nitrogens with zero attached hydrogens (tertiary/aromatic N) is 3. The zero-order valence-corrected chi connectivity index (χ0v) is 11.9. The summed E-state index contributed by atoms with van der Waals surface area (Å²) in [5.41, 5.74) is 5.10. The first-order chi connectivity index (χ1) is 9.93. The Kier molecular flexibility index (Phi) is 4.06. The third-order valence-electron chi connectivity index (χ3n) is 3.13. The van der Waals surface area contributed by atoms with E-state index in [2.05, 4.69) is 10.1 Å². The maximum atomic E-state index is 12.3. The maximum Gasteiger partial charge on any atom is 0.329 e. The third kappa shape index (κ3) is 2.93. The summed E-state index contributed by atoms with van der Waals surface area (Å²) in [6.45, 7) is 2.13. The van der Waals surface area contributed by atoms with Crippen molar-refractivity contribution in [2.45, 2.75) is 26.3 Å². The third-order valence-corrected chi connectivity index (χ3v) is 3.13. The van der Waals surface area contributed by atoms with Crippen molar-refractivity contribution in [1.82, 2.24) is 19.3 Å². The van der Waals surface area contributed by atoms with Crippen molar-refractivity contribution in [3.05, 3.63) is 44.4 Å². The number of ketones is 1. The van der Waals surface area contributed by atoms with E-state index in [9.17, 15) is 14.4 Å². The summed E-state index contributed by atoms with van der Waals surface area (Å²) < 4.78 is 2.56. The average molecular weight is 291 g/mol. The molecule has 2 aromatic heterocycles. The number of nitrogens with two attached hydrogens (primary N) is 1. The molecule has 0 aliphatic heterocycles. The lowest BCUT2D eigenvalue weighted by molar-refractivity contribution is 0.0992. The highest BCUT2D eigenvalue weighted by molar-refractivity contribution is 5.97. The van der Waals surface area contributed by atoms with Crippen LogP contribution < -0.4 is 17.0 Å². The molecule has 0 fully saturated rings. The molecule has 21 heavy (non-hydrogen) atoms. The molecule has 0 atom stereocenters. The Morgan fingerprint density at radius 1 is 1.43 bits per heavy atom. The largest absolute Gasteiger partial charge is 0.385 e. The van der Waals surface area contributed by atoms with Crippen LogP contribution in [0.25, 0.3) is 0 Å². The molecule has 0 aliphatic rings. The Morgan fingerprint density at radius 2 is 2.14 bits per heavy atom. The molecule has 2 aromatic rings. The van der Waals surface area contributed by atoms with Crippen LogP contribution in [0.5, 0.6) is 0 Å². The molecule has 2 heterocycles. The second kappa shape index (κ2) is 5.78. The number of aryl methyl sites for hydroxylation is 1. The van der Waals surface area contributed by atoms with Gasteiger partial charge in [-0.25, -0.2) is 4.79 Å². The normalized spacial score (nSPS) is 10.8. The molecule has 112 valence electrons. The fraction of sp³-hybridized carbons (Fsp3) is 0.385. The number of nitrogen functional groups attached to an aromatic ring is 1. The van der Waals surface area contributed by atoms with Crippen LogP contribution in [0, 0.1) is 0 Å². The van der Waals surface area contributed by atoms with Crippen molar-refractivity contribution in [1.29, 1.82) is 0 Å². The van der Waals surface area contributed by atoms with Gasteiger partial charge in [-0.3, -0.25) is 23.8 Å². The van der Waals surface area contributed by atoms with Gasteiger partial charge in [-0.1, -0.05) is 6.92 Å². The SMILES string of the molecule is CCCn1c(=O)[nH]c(N)c(CC(=O)c2cnn(C)c2)c1=O. The molecule has 0 spiro atoms. The van der Waals surface area contributed by atoms with Crippen LogP contribution in [0.4, 0.5) is 5.82 Å². The number of rotatable bonds is 5. The molecule has 0 radical (unpaired) electrons. The molecule has 8 heteroatoms. The first-order valence-electron chi connectivity index (χ1n) is 6.57. The molecule has 8 nitrogen and oxygen atoms in total. The molecule has 0 unspecified atom stereocenters. The quantitative estimate of drug-likeness (QED) is 0.733. The van der Waals surface area contributed by atoms with Crippen LogP contribution in [-0.2, 0) is 20.0 Å². The Labute approximate surface area is 120 Å². The van der Waals surface area contributed by atoms with Gasteiger partial charge < -0.3 is 5.73 Å². The minimum atomic E-state index is -0.558. The molecule has 0 bridgehead atoms. The van der Waals surface area contributed by atoms with E-state index in [-0.39, 0.29) is 30.1 Å². The number of hydrogen-bond donors (Lipinski definition) is 2. The zero-order valence-electron chi connectivity index (χ0n) is 11.9. The van der Waals surface area contributed by atoms with E-state index in [1.807, 2.05) is 6.92 Å². The van der Waals surface area contributed by atoms with Gasteiger partial charge in [-0.2, -0.15) is 5.10 Å². The van der Waals surface area contributed by atoms with E-state index in [1.165, 1.54) is 10.9 Å². The van der Waals surface area contributed by atoms with Crippen molar-refractivity contribution < 1.29 is 4.79 Å². The van der Waals surface area contributed by atoms with Gasteiger partial charge in [0.15, 0.2) is 5.78 Å². The Hall–Kier alpha value is -2.64. The second-order valence-corrected chi connectivity index (χ2v) is 4.78. The molecule has 0 aromatic carbocycles. The Balaban J connectivity index is 2.40. The second-order valence-electron chi connectivity index (χ2n) is 4.78. The summed E-state index contributed by atoms with van der Waals surface area (Å²) in [4.78, 5) is 38.5. The highest BCUT2D eigenvalue weighted by Crippen LogP contribution is 2.07. The summed E-state index contributed by atoms with van der Waals surface area (Å²) in [5, 5.41) is 3.91. The fourth-order valence-electron chi connectivity index (χ4n) is 2.05. The Bertz CT molecular complexity index is 784. The molecular formula is C13H17N5O3. The van der Waals surface area contributed by atoms with Crippen LogP contribution in [0.15, 0.2) is 22.0 Å². The molecular weight excluding hydrogens is 274 g/mol. The van der Waals surface area contributed by atoms with Crippen molar-refractivity contribution in [3.63, 3.8) is 0 Å².